The van der Waals surface area contributed by atoms with Gasteiger partial charge in [-0.15, -0.1) is 0 Å². The normalized spacial score (nSPS) is 12.8. The zero-order valence-corrected chi connectivity index (χ0v) is 12.2. The fraction of sp³-hybridized carbons (Fsp3) is 0.125. The van der Waals surface area contributed by atoms with Gasteiger partial charge in [0.25, 0.3) is 0 Å². The van der Waals surface area contributed by atoms with Crippen LogP contribution in [0.1, 0.15) is 0 Å². The average molecular weight is 334 g/mol. The van der Waals surface area contributed by atoms with Crippen molar-refractivity contribution in [2.24, 2.45) is 0 Å². The van der Waals surface area contributed by atoms with Gasteiger partial charge in [-0.25, -0.2) is 9.59 Å². The van der Waals surface area contributed by atoms with Crippen molar-refractivity contribution in [2.75, 3.05) is 0 Å². The second-order valence-electron chi connectivity index (χ2n) is 4.75. The lowest BCUT2D eigenvalue weighted by atomic mass is 10.2. The zero-order valence-electron chi connectivity index (χ0n) is 12.2. The number of aliphatic carboxylic acids is 2. The molecule has 0 aliphatic carbocycles. The van der Waals surface area contributed by atoms with Gasteiger partial charge in [0.05, 0.1) is 0 Å². The van der Waals surface area contributed by atoms with E-state index in [2.05, 4.69) is 0 Å². The van der Waals surface area contributed by atoms with E-state index in [9.17, 15) is 30.0 Å². The van der Waals surface area contributed by atoms with Crippen LogP contribution in [-0.2, 0) is 9.59 Å². The summed E-state index contributed by atoms with van der Waals surface area (Å²) in [5.41, 5.74) is 0. The second-order valence-corrected chi connectivity index (χ2v) is 4.75. The summed E-state index contributed by atoms with van der Waals surface area (Å²) in [5, 5.41) is 37.3. The fourth-order valence-electron chi connectivity index (χ4n) is 1.89. The van der Waals surface area contributed by atoms with E-state index in [0.29, 0.717) is 0 Å². The van der Waals surface area contributed by atoms with E-state index in [4.69, 9.17) is 9.47 Å². The van der Waals surface area contributed by atoms with Crippen molar-refractivity contribution < 1.29 is 39.5 Å². The Bertz CT molecular complexity index is 679. The Balaban J connectivity index is 2.27. The third kappa shape index (κ3) is 4.29. The van der Waals surface area contributed by atoms with Gasteiger partial charge in [0.2, 0.25) is 12.2 Å². The standard InChI is InChI=1S/C16H14O8/c17-9-3-1-5-11(7-9)23-13(15(19)20)14(16(21)22)24-12-6-2-4-10(18)8-12/h1-8,13-14,17-18H,(H,19,20)(H,21,22). The van der Waals surface area contributed by atoms with Crippen molar-refractivity contribution in [3.63, 3.8) is 0 Å². The summed E-state index contributed by atoms with van der Waals surface area (Å²) < 4.78 is 10.3. The minimum Gasteiger partial charge on any atom is -0.508 e. The lowest BCUT2D eigenvalue weighted by Crippen LogP contribution is -2.47. The van der Waals surface area contributed by atoms with Gasteiger partial charge in [0.15, 0.2) is 0 Å². The molecule has 0 fully saturated rings. The van der Waals surface area contributed by atoms with Crippen LogP contribution in [0.25, 0.3) is 0 Å². The molecule has 8 nitrogen and oxygen atoms in total. The van der Waals surface area contributed by atoms with E-state index in [1.54, 1.807) is 0 Å². The van der Waals surface area contributed by atoms with Gasteiger partial charge in [-0.1, -0.05) is 12.1 Å². The Kier molecular flexibility index (Phi) is 5.10. The van der Waals surface area contributed by atoms with Gasteiger partial charge in [-0.3, -0.25) is 0 Å². The maximum absolute atomic E-state index is 11.4. The molecule has 0 radical (unpaired) electrons. The number of ether oxygens (including phenoxy) is 2. The number of phenolic OH excluding ortho intramolecular Hbond substituents is 2. The monoisotopic (exact) mass is 334 g/mol. The quantitative estimate of drug-likeness (QED) is 0.598. The molecule has 24 heavy (non-hydrogen) atoms. The molecule has 2 aromatic rings. The predicted octanol–water partition coefficient (Wildman–Crippen LogP) is 1.46. The van der Waals surface area contributed by atoms with E-state index >= 15 is 0 Å². The Labute approximate surface area is 136 Å². The van der Waals surface area contributed by atoms with Crippen molar-refractivity contribution in [1.29, 1.82) is 0 Å². The number of phenols is 2. The molecule has 0 aliphatic rings. The lowest BCUT2D eigenvalue weighted by Gasteiger charge is -2.22. The van der Waals surface area contributed by atoms with Crippen LogP contribution in [0, 0.1) is 0 Å². The fourth-order valence-corrected chi connectivity index (χ4v) is 1.89. The van der Waals surface area contributed by atoms with E-state index in [1.807, 2.05) is 0 Å². The van der Waals surface area contributed by atoms with Gasteiger partial charge >= 0.3 is 11.9 Å². The average Bonchev–Trinajstić information content (AvgIpc) is 2.50. The molecule has 0 spiro atoms. The van der Waals surface area contributed by atoms with Crippen LogP contribution in [0.4, 0.5) is 0 Å². The summed E-state index contributed by atoms with van der Waals surface area (Å²) >= 11 is 0. The Morgan fingerprint density at radius 2 is 1.12 bits per heavy atom. The Hall–Kier alpha value is -3.42. The third-order valence-corrected chi connectivity index (χ3v) is 2.92. The smallest absolute Gasteiger partial charge is 0.349 e. The SMILES string of the molecule is O=C(O)C(Oc1cccc(O)c1)C(Oc1cccc(O)c1)C(=O)O. The Morgan fingerprint density at radius 1 is 0.750 bits per heavy atom. The van der Waals surface area contributed by atoms with E-state index in [1.165, 1.54) is 36.4 Å². The molecular formula is C16H14O8. The molecule has 126 valence electrons. The summed E-state index contributed by atoms with van der Waals surface area (Å²) in [4.78, 5) is 22.8. The highest BCUT2D eigenvalue weighted by molar-refractivity contribution is 5.84. The topological polar surface area (TPSA) is 134 Å². The van der Waals surface area contributed by atoms with E-state index in [0.717, 1.165) is 12.1 Å². The van der Waals surface area contributed by atoms with Gasteiger partial charge in [-0.05, 0) is 24.3 Å². The summed E-state index contributed by atoms with van der Waals surface area (Å²) in [6, 6.07) is 10.5. The summed E-state index contributed by atoms with van der Waals surface area (Å²) in [7, 11) is 0. The number of carbonyl (C=O) groups is 2. The summed E-state index contributed by atoms with van der Waals surface area (Å²) in [6.07, 6.45) is -3.77. The van der Waals surface area contributed by atoms with Crippen molar-refractivity contribution in [2.45, 2.75) is 12.2 Å². The molecule has 2 rings (SSSR count). The van der Waals surface area contributed by atoms with Crippen LogP contribution in [0.3, 0.4) is 0 Å². The van der Waals surface area contributed by atoms with Crippen LogP contribution < -0.4 is 9.47 Å². The number of hydrogen-bond acceptors (Lipinski definition) is 6. The first-order chi connectivity index (χ1) is 11.4. The molecule has 2 aromatic carbocycles. The number of carboxylic acid groups (broad SMARTS) is 2. The third-order valence-electron chi connectivity index (χ3n) is 2.92. The molecule has 4 N–H and O–H groups in total. The molecule has 0 heterocycles. The summed E-state index contributed by atoms with van der Waals surface area (Å²) in [5.74, 6) is -3.53. The van der Waals surface area contributed by atoms with Crippen molar-refractivity contribution >= 4 is 11.9 Å². The maximum atomic E-state index is 11.4. The van der Waals surface area contributed by atoms with Crippen LogP contribution >= 0.6 is 0 Å². The lowest BCUT2D eigenvalue weighted by molar-refractivity contribution is -0.161. The highest BCUT2D eigenvalue weighted by Crippen LogP contribution is 2.23. The van der Waals surface area contributed by atoms with Crippen LogP contribution in [0.5, 0.6) is 23.0 Å². The second kappa shape index (κ2) is 7.23. The minimum absolute atomic E-state index is 0.0341. The number of hydrogen-bond donors (Lipinski definition) is 4. The van der Waals surface area contributed by atoms with Gasteiger partial charge in [0.1, 0.15) is 23.0 Å². The largest absolute Gasteiger partial charge is 0.508 e. The first kappa shape index (κ1) is 16.9. The first-order valence-electron chi connectivity index (χ1n) is 6.74. The number of carboxylic acids is 2. The van der Waals surface area contributed by atoms with Gasteiger partial charge in [0, 0.05) is 12.1 Å². The highest BCUT2D eigenvalue weighted by Gasteiger charge is 2.38. The molecule has 0 aromatic heterocycles. The maximum Gasteiger partial charge on any atom is 0.349 e. The van der Waals surface area contributed by atoms with Crippen LogP contribution in [-0.4, -0.2) is 44.6 Å². The van der Waals surface area contributed by atoms with Crippen molar-refractivity contribution in [1.82, 2.24) is 0 Å². The van der Waals surface area contributed by atoms with Crippen LogP contribution in [0.2, 0.25) is 0 Å². The van der Waals surface area contributed by atoms with Gasteiger partial charge < -0.3 is 29.9 Å². The molecular weight excluding hydrogens is 320 g/mol. The first-order valence-corrected chi connectivity index (χ1v) is 6.74. The summed E-state index contributed by atoms with van der Waals surface area (Å²) in [6.45, 7) is 0. The Morgan fingerprint density at radius 3 is 1.42 bits per heavy atom. The molecule has 0 amide bonds. The molecule has 0 saturated heterocycles. The van der Waals surface area contributed by atoms with Crippen LogP contribution in [0.15, 0.2) is 48.5 Å². The molecule has 0 aliphatic heterocycles. The number of benzene rings is 2. The highest BCUT2D eigenvalue weighted by atomic mass is 16.6. The molecule has 2 unspecified atom stereocenters. The van der Waals surface area contributed by atoms with Crippen molar-refractivity contribution in [3.8, 4) is 23.0 Å². The van der Waals surface area contributed by atoms with E-state index < -0.39 is 24.1 Å². The van der Waals surface area contributed by atoms with Gasteiger partial charge in [-0.2, -0.15) is 0 Å². The number of aromatic hydroxyl groups is 2. The molecule has 0 bridgehead atoms. The van der Waals surface area contributed by atoms with E-state index in [-0.39, 0.29) is 23.0 Å². The number of rotatable bonds is 7. The predicted molar refractivity (Wildman–Crippen MR) is 80.3 cm³/mol. The molecule has 8 heteroatoms. The van der Waals surface area contributed by atoms with Crippen molar-refractivity contribution in [3.05, 3.63) is 48.5 Å². The minimum atomic E-state index is -1.88. The molecule has 2 atom stereocenters. The molecule has 0 saturated carbocycles. The zero-order chi connectivity index (χ0) is 17.7.